The number of hydrogen-bond donors (Lipinski definition) is 1. The minimum atomic E-state index is -0.230. The summed E-state index contributed by atoms with van der Waals surface area (Å²) in [6.07, 6.45) is 1.43. The first-order valence-electron chi connectivity index (χ1n) is 12.2. The van der Waals surface area contributed by atoms with Crippen LogP contribution in [0.5, 0.6) is 11.5 Å². The average Bonchev–Trinajstić information content (AvgIpc) is 3.48. The third-order valence-corrected chi connectivity index (χ3v) is 6.06. The summed E-state index contributed by atoms with van der Waals surface area (Å²) in [5.74, 6) is 1.79. The molecule has 0 bridgehead atoms. The molecular formula is C28H36N4O4. The van der Waals surface area contributed by atoms with Gasteiger partial charge in [0.15, 0.2) is 17.2 Å². The summed E-state index contributed by atoms with van der Waals surface area (Å²) < 4.78 is 16.7. The first-order chi connectivity index (χ1) is 17.2. The van der Waals surface area contributed by atoms with Gasteiger partial charge >= 0.3 is 0 Å². The van der Waals surface area contributed by atoms with Gasteiger partial charge in [0.2, 0.25) is 12.7 Å². The van der Waals surface area contributed by atoms with Crippen LogP contribution >= 0.6 is 0 Å². The van der Waals surface area contributed by atoms with Crippen molar-refractivity contribution in [3.05, 3.63) is 77.0 Å². The number of aromatic nitrogens is 1. The second kappa shape index (κ2) is 11.1. The van der Waals surface area contributed by atoms with Gasteiger partial charge in [0.25, 0.3) is 5.91 Å². The van der Waals surface area contributed by atoms with Crippen molar-refractivity contribution in [2.75, 3.05) is 34.0 Å². The second-order valence-electron chi connectivity index (χ2n) is 10.5. The molecule has 1 aromatic heterocycles. The van der Waals surface area contributed by atoms with Crippen molar-refractivity contribution in [1.82, 2.24) is 20.1 Å². The number of carbonyl (C=O) groups excluding carboxylic acids is 1. The van der Waals surface area contributed by atoms with Crippen LogP contribution in [0.1, 0.15) is 53.8 Å². The van der Waals surface area contributed by atoms with Gasteiger partial charge in [-0.05, 0) is 48.3 Å². The van der Waals surface area contributed by atoms with E-state index in [1.807, 2.05) is 37.2 Å². The molecule has 4 rings (SSSR count). The molecule has 8 nitrogen and oxygen atoms in total. The highest BCUT2D eigenvalue weighted by Crippen LogP contribution is 2.33. The van der Waals surface area contributed by atoms with Crippen molar-refractivity contribution >= 4 is 5.91 Å². The third-order valence-electron chi connectivity index (χ3n) is 6.06. The monoisotopic (exact) mass is 492 g/mol. The fraction of sp³-hybridized carbons (Fsp3) is 0.429. The summed E-state index contributed by atoms with van der Waals surface area (Å²) in [4.78, 5) is 21.1. The minimum Gasteiger partial charge on any atom is -0.454 e. The Morgan fingerprint density at radius 3 is 2.39 bits per heavy atom. The van der Waals surface area contributed by atoms with Crippen molar-refractivity contribution < 1.29 is 18.7 Å². The van der Waals surface area contributed by atoms with Gasteiger partial charge in [-0.25, -0.2) is 4.98 Å². The molecule has 1 N–H and O–H groups in total. The third kappa shape index (κ3) is 6.86. The number of carbonyl (C=O) groups is 1. The largest absolute Gasteiger partial charge is 0.454 e. The summed E-state index contributed by atoms with van der Waals surface area (Å²) in [7, 11) is 3.93. The number of likely N-dealkylation sites (N-methyl/N-ethyl adjacent to an activating group) is 1. The average molecular weight is 493 g/mol. The Bertz CT molecular complexity index is 1170. The van der Waals surface area contributed by atoms with Gasteiger partial charge in [0.05, 0.1) is 6.54 Å². The molecule has 1 amide bonds. The smallest absolute Gasteiger partial charge is 0.273 e. The summed E-state index contributed by atoms with van der Waals surface area (Å²) in [5, 5.41) is 2.88. The molecule has 36 heavy (non-hydrogen) atoms. The quantitative estimate of drug-likeness (QED) is 0.454. The number of hydrogen-bond acceptors (Lipinski definition) is 7. The zero-order valence-corrected chi connectivity index (χ0v) is 21.8. The minimum absolute atomic E-state index is 0.103. The Hall–Kier alpha value is -3.36. The van der Waals surface area contributed by atoms with Crippen LogP contribution in [0, 0.1) is 0 Å². The highest BCUT2D eigenvalue weighted by Gasteiger charge is 2.19. The number of nitrogens with zero attached hydrogens (tertiary/aromatic N) is 3. The number of nitrogens with one attached hydrogen (secondary N) is 1. The number of amides is 1. The van der Waals surface area contributed by atoms with Crippen molar-refractivity contribution in [3.63, 3.8) is 0 Å². The normalized spacial score (nSPS) is 13.0. The van der Waals surface area contributed by atoms with E-state index in [1.165, 1.54) is 17.4 Å². The van der Waals surface area contributed by atoms with E-state index >= 15 is 0 Å². The molecule has 0 saturated heterocycles. The lowest BCUT2D eigenvalue weighted by Gasteiger charge is -2.23. The Balaban J connectivity index is 1.48. The van der Waals surface area contributed by atoms with Crippen LogP contribution in [0.15, 0.2) is 53.1 Å². The molecule has 0 unspecified atom stereocenters. The maximum Gasteiger partial charge on any atom is 0.273 e. The van der Waals surface area contributed by atoms with Crippen LogP contribution in [-0.4, -0.2) is 54.7 Å². The topological polar surface area (TPSA) is 80.1 Å². The van der Waals surface area contributed by atoms with E-state index in [0.29, 0.717) is 37.8 Å². The fourth-order valence-electron chi connectivity index (χ4n) is 4.00. The van der Waals surface area contributed by atoms with Crippen LogP contribution in [0.2, 0.25) is 0 Å². The fourth-order valence-corrected chi connectivity index (χ4v) is 4.00. The molecule has 0 atom stereocenters. The van der Waals surface area contributed by atoms with Crippen LogP contribution in [-0.2, 0) is 25.0 Å². The van der Waals surface area contributed by atoms with E-state index in [0.717, 1.165) is 23.6 Å². The zero-order valence-electron chi connectivity index (χ0n) is 21.8. The molecule has 1 aliphatic rings. The highest BCUT2D eigenvalue weighted by atomic mass is 16.7. The molecule has 0 spiro atoms. The SMILES string of the molecule is CN(C)CCNC(=O)c1coc(CN(Cc2ccc(C(C)(C)C)cc2)Cc2ccc3c(c2)OCO3)n1. The van der Waals surface area contributed by atoms with Crippen LogP contribution in [0.3, 0.4) is 0 Å². The maximum absolute atomic E-state index is 12.4. The molecule has 2 heterocycles. The van der Waals surface area contributed by atoms with E-state index in [1.54, 1.807) is 0 Å². The number of benzene rings is 2. The van der Waals surface area contributed by atoms with Crippen molar-refractivity contribution in [2.45, 2.75) is 45.8 Å². The highest BCUT2D eigenvalue weighted by molar-refractivity contribution is 5.91. The summed E-state index contributed by atoms with van der Waals surface area (Å²) in [5.41, 5.74) is 3.98. The Morgan fingerprint density at radius 1 is 0.972 bits per heavy atom. The predicted octanol–water partition coefficient (Wildman–Crippen LogP) is 4.19. The lowest BCUT2D eigenvalue weighted by molar-refractivity contribution is 0.0946. The van der Waals surface area contributed by atoms with Crippen LogP contribution in [0.25, 0.3) is 0 Å². The molecule has 192 valence electrons. The van der Waals surface area contributed by atoms with E-state index in [-0.39, 0.29) is 18.1 Å². The lowest BCUT2D eigenvalue weighted by Crippen LogP contribution is -2.31. The summed E-state index contributed by atoms with van der Waals surface area (Å²) in [6.45, 7) is 10.0. The Labute approximate surface area is 213 Å². The molecule has 2 aromatic carbocycles. The van der Waals surface area contributed by atoms with Gasteiger partial charge in [0.1, 0.15) is 6.26 Å². The van der Waals surface area contributed by atoms with Crippen LogP contribution in [0.4, 0.5) is 0 Å². The number of oxazole rings is 1. The lowest BCUT2D eigenvalue weighted by atomic mass is 9.87. The zero-order chi connectivity index (χ0) is 25.7. The van der Waals surface area contributed by atoms with E-state index in [2.05, 4.69) is 60.2 Å². The molecule has 0 aliphatic carbocycles. The van der Waals surface area contributed by atoms with Crippen molar-refractivity contribution in [3.8, 4) is 11.5 Å². The predicted molar refractivity (Wildman–Crippen MR) is 138 cm³/mol. The number of ether oxygens (including phenoxy) is 2. The van der Waals surface area contributed by atoms with Crippen molar-refractivity contribution in [1.29, 1.82) is 0 Å². The molecule has 3 aromatic rings. The summed E-state index contributed by atoms with van der Waals surface area (Å²) in [6, 6.07) is 14.7. The van der Waals surface area contributed by atoms with Crippen LogP contribution < -0.4 is 14.8 Å². The van der Waals surface area contributed by atoms with E-state index in [9.17, 15) is 4.79 Å². The second-order valence-corrected chi connectivity index (χ2v) is 10.5. The summed E-state index contributed by atoms with van der Waals surface area (Å²) >= 11 is 0. The van der Waals surface area contributed by atoms with E-state index in [4.69, 9.17) is 13.9 Å². The number of fused-ring (bicyclic) bond motifs is 1. The standard InChI is InChI=1S/C28H36N4O4/c1-28(2,3)22-9-6-20(7-10-22)15-32(16-21-8-11-24-25(14-21)36-19-35-24)17-26-30-23(18-34-26)27(33)29-12-13-31(4)5/h6-11,14,18H,12-13,15-17,19H2,1-5H3,(H,29,33). The molecule has 0 saturated carbocycles. The number of rotatable bonds is 10. The molecule has 0 fully saturated rings. The molecule has 8 heteroatoms. The first kappa shape index (κ1) is 25.7. The van der Waals surface area contributed by atoms with Gasteiger partial charge in [-0.2, -0.15) is 0 Å². The van der Waals surface area contributed by atoms with Gasteiger partial charge < -0.3 is 24.1 Å². The molecular weight excluding hydrogens is 456 g/mol. The van der Waals surface area contributed by atoms with Gasteiger partial charge in [0, 0.05) is 26.2 Å². The maximum atomic E-state index is 12.4. The van der Waals surface area contributed by atoms with Gasteiger partial charge in [-0.15, -0.1) is 0 Å². The molecule has 0 radical (unpaired) electrons. The Kier molecular flexibility index (Phi) is 7.96. The van der Waals surface area contributed by atoms with Gasteiger partial charge in [-0.3, -0.25) is 9.69 Å². The van der Waals surface area contributed by atoms with E-state index < -0.39 is 0 Å². The first-order valence-corrected chi connectivity index (χ1v) is 12.2. The Morgan fingerprint density at radius 2 is 1.67 bits per heavy atom. The van der Waals surface area contributed by atoms with Gasteiger partial charge in [-0.1, -0.05) is 51.1 Å². The molecule has 1 aliphatic heterocycles. The van der Waals surface area contributed by atoms with Crippen molar-refractivity contribution in [2.24, 2.45) is 0 Å².